The Morgan fingerprint density at radius 1 is 1.35 bits per heavy atom. The van der Waals surface area contributed by atoms with Crippen LogP contribution in [0.4, 0.5) is 5.69 Å². The molecule has 0 aromatic heterocycles. The molecule has 0 unspecified atom stereocenters. The Balaban J connectivity index is 3.06. The zero-order valence-corrected chi connectivity index (χ0v) is 11.4. The molecule has 0 saturated carbocycles. The van der Waals surface area contributed by atoms with Crippen LogP contribution < -0.4 is 10.1 Å². The lowest BCUT2D eigenvalue weighted by Gasteiger charge is -2.26. The fraction of sp³-hybridized carbons (Fsp3) is 0.571. The first-order valence-electron chi connectivity index (χ1n) is 5.96. The Morgan fingerprint density at radius 3 is 2.47 bits per heavy atom. The summed E-state index contributed by atoms with van der Waals surface area (Å²) in [6.45, 7) is 8.29. The molecule has 0 saturated heterocycles. The fourth-order valence-corrected chi connectivity index (χ4v) is 1.59. The molecule has 0 atom stereocenters. The number of hydrogen-bond acceptors (Lipinski definition) is 3. The minimum Gasteiger partial charge on any atom is -0.495 e. The topological polar surface area (TPSA) is 41.5 Å². The summed E-state index contributed by atoms with van der Waals surface area (Å²) < 4.78 is 5.33. The van der Waals surface area contributed by atoms with Crippen LogP contribution in [0, 0.1) is 0 Å². The summed E-state index contributed by atoms with van der Waals surface area (Å²) >= 11 is 0. The highest BCUT2D eigenvalue weighted by atomic mass is 16.5. The summed E-state index contributed by atoms with van der Waals surface area (Å²) in [4.78, 5) is 0. The molecular formula is C14H23NO2. The Morgan fingerprint density at radius 2 is 2.00 bits per heavy atom. The van der Waals surface area contributed by atoms with E-state index in [0.717, 1.165) is 11.4 Å². The van der Waals surface area contributed by atoms with Gasteiger partial charge in [0, 0.05) is 0 Å². The molecule has 2 N–H and O–H groups in total. The molecule has 1 aromatic carbocycles. The predicted molar refractivity (Wildman–Crippen MR) is 71.9 cm³/mol. The second-order valence-corrected chi connectivity index (χ2v) is 5.28. The van der Waals surface area contributed by atoms with E-state index >= 15 is 0 Å². The molecule has 0 aliphatic heterocycles. The van der Waals surface area contributed by atoms with Crippen molar-refractivity contribution >= 4 is 5.69 Å². The van der Waals surface area contributed by atoms with E-state index < -0.39 is 0 Å². The quantitative estimate of drug-likeness (QED) is 0.827. The van der Waals surface area contributed by atoms with Gasteiger partial charge in [0.1, 0.15) is 5.75 Å². The van der Waals surface area contributed by atoms with Crippen LogP contribution in [0.25, 0.3) is 0 Å². The number of hydrogen-bond donors (Lipinski definition) is 2. The van der Waals surface area contributed by atoms with Gasteiger partial charge in [-0.3, -0.25) is 0 Å². The van der Waals surface area contributed by atoms with Gasteiger partial charge in [0.15, 0.2) is 0 Å². The van der Waals surface area contributed by atoms with E-state index in [-0.39, 0.29) is 12.1 Å². The van der Waals surface area contributed by atoms with Gasteiger partial charge in [0.05, 0.1) is 24.9 Å². The maximum Gasteiger partial charge on any atom is 0.141 e. The molecular weight excluding hydrogens is 214 g/mol. The highest BCUT2D eigenvalue weighted by Crippen LogP contribution is 2.30. The highest BCUT2D eigenvalue weighted by Gasteiger charge is 2.18. The monoisotopic (exact) mass is 237 g/mol. The van der Waals surface area contributed by atoms with Gasteiger partial charge in [-0.1, -0.05) is 19.9 Å². The first kappa shape index (κ1) is 13.8. The van der Waals surface area contributed by atoms with E-state index in [1.54, 1.807) is 7.11 Å². The van der Waals surface area contributed by atoms with Gasteiger partial charge >= 0.3 is 0 Å². The lowest BCUT2D eigenvalue weighted by Crippen LogP contribution is -2.35. The van der Waals surface area contributed by atoms with Crippen molar-refractivity contribution in [3.05, 3.63) is 23.8 Å². The molecule has 1 aromatic rings. The van der Waals surface area contributed by atoms with Gasteiger partial charge in [-0.25, -0.2) is 0 Å². The minimum atomic E-state index is -0.358. The van der Waals surface area contributed by atoms with Crippen LogP contribution in [-0.2, 0) is 0 Å². The first-order chi connectivity index (χ1) is 7.89. The smallest absolute Gasteiger partial charge is 0.141 e. The number of anilines is 1. The van der Waals surface area contributed by atoms with Crippen LogP contribution >= 0.6 is 0 Å². The molecule has 3 heteroatoms. The van der Waals surface area contributed by atoms with Crippen molar-refractivity contribution in [1.29, 1.82) is 0 Å². The average molecular weight is 237 g/mol. The fourth-order valence-electron chi connectivity index (χ4n) is 1.59. The molecule has 96 valence electrons. The number of methoxy groups -OCH3 is 1. The van der Waals surface area contributed by atoms with E-state index in [2.05, 4.69) is 31.3 Å². The van der Waals surface area contributed by atoms with Gasteiger partial charge in [0.25, 0.3) is 0 Å². The second kappa shape index (κ2) is 5.41. The Labute approximate surface area is 104 Å². The standard InChI is InChI=1S/C14H23NO2/c1-10(2)11-6-7-13(17-5)12(8-11)15-14(3,4)9-16/h6-8,10,15-16H,9H2,1-5H3. The number of ether oxygens (including phenoxy) is 1. The van der Waals surface area contributed by atoms with Crippen molar-refractivity contribution in [3.8, 4) is 5.75 Å². The van der Waals surface area contributed by atoms with E-state index in [1.807, 2.05) is 19.9 Å². The van der Waals surface area contributed by atoms with Crippen molar-refractivity contribution in [1.82, 2.24) is 0 Å². The van der Waals surface area contributed by atoms with Gasteiger partial charge in [0.2, 0.25) is 0 Å². The maximum absolute atomic E-state index is 9.29. The van der Waals surface area contributed by atoms with Gasteiger partial charge < -0.3 is 15.2 Å². The number of rotatable bonds is 5. The molecule has 0 aliphatic rings. The molecule has 0 bridgehead atoms. The highest BCUT2D eigenvalue weighted by molar-refractivity contribution is 5.59. The number of benzene rings is 1. The summed E-state index contributed by atoms with van der Waals surface area (Å²) in [6.07, 6.45) is 0. The second-order valence-electron chi connectivity index (χ2n) is 5.28. The van der Waals surface area contributed by atoms with E-state index in [0.29, 0.717) is 5.92 Å². The number of nitrogens with one attached hydrogen (secondary N) is 1. The van der Waals surface area contributed by atoms with Crippen LogP contribution in [0.5, 0.6) is 5.75 Å². The Hall–Kier alpha value is -1.22. The van der Waals surface area contributed by atoms with E-state index in [9.17, 15) is 5.11 Å². The summed E-state index contributed by atoms with van der Waals surface area (Å²) in [5, 5.41) is 12.6. The lowest BCUT2D eigenvalue weighted by molar-refractivity contribution is 0.234. The Kier molecular flexibility index (Phi) is 4.40. The molecule has 17 heavy (non-hydrogen) atoms. The normalized spacial score (nSPS) is 11.7. The summed E-state index contributed by atoms with van der Waals surface area (Å²) in [5.41, 5.74) is 1.82. The van der Waals surface area contributed by atoms with Crippen molar-refractivity contribution in [3.63, 3.8) is 0 Å². The van der Waals surface area contributed by atoms with Gasteiger partial charge in [-0.05, 0) is 37.5 Å². The summed E-state index contributed by atoms with van der Waals surface area (Å²) in [5.74, 6) is 1.27. The lowest BCUT2D eigenvalue weighted by atomic mass is 10.0. The van der Waals surface area contributed by atoms with Crippen LogP contribution in [0.15, 0.2) is 18.2 Å². The number of aliphatic hydroxyl groups excluding tert-OH is 1. The van der Waals surface area contributed by atoms with Crippen LogP contribution in [-0.4, -0.2) is 24.4 Å². The third kappa shape index (κ3) is 3.63. The van der Waals surface area contributed by atoms with Crippen LogP contribution in [0.1, 0.15) is 39.2 Å². The molecule has 0 amide bonds. The first-order valence-corrected chi connectivity index (χ1v) is 5.96. The van der Waals surface area contributed by atoms with Crippen LogP contribution in [0.3, 0.4) is 0 Å². The molecule has 0 aliphatic carbocycles. The largest absolute Gasteiger partial charge is 0.495 e. The Bertz CT molecular complexity index is 372. The van der Waals surface area contributed by atoms with Crippen molar-refractivity contribution in [2.45, 2.75) is 39.2 Å². The number of aliphatic hydroxyl groups is 1. The zero-order chi connectivity index (χ0) is 13.1. The summed E-state index contributed by atoms with van der Waals surface area (Å²) in [7, 11) is 1.65. The summed E-state index contributed by atoms with van der Waals surface area (Å²) in [6, 6.07) is 6.12. The molecule has 1 rings (SSSR count). The third-order valence-corrected chi connectivity index (χ3v) is 2.76. The molecule has 0 radical (unpaired) electrons. The molecule has 3 nitrogen and oxygen atoms in total. The SMILES string of the molecule is COc1ccc(C(C)C)cc1NC(C)(C)CO. The van der Waals surface area contributed by atoms with Gasteiger partial charge in [-0.15, -0.1) is 0 Å². The average Bonchev–Trinajstić information content (AvgIpc) is 2.28. The third-order valence-electron chi connectivity index (χ3n) is 2.76. The van der Waals surface area contributed by atoms with Crippen LogP contribution in [0.2, 0.25) is 0 Å². The molecule has 0 heterocycles. The molecule has 0 fully saturated rings. The minimum absolute atomic E-state index is 0.0715. The molecule has 0 spiro atoms. The van der Waals surface area contributed by atoms with Crippen molar-refractivity contribution in [2.75, 3.05) is 19.0 Å². The van der Waals surface area contributed by atoms with E-state index in [4.69, 9.17) is 4.74 Å². The van der Waals surface area contributed by atoms with Crippen molar-refractivity contribution < 1.29 is 9.84 Å². The zero-order valence-electron chi connectivity index (χ0n) is 11.4. The van der Waals surface area contributed by atoms with Gasteiger partial charge in [-0.2, -0.15) is 0 Å². The predicted octanol–water partition coefficient (Wildman–Crippen LogP) is 3.00. The maximum atomic E-state index is 9.29. The van der Waals surface area contributed by atoms with Crippen molar-refractivity contribution in [2.24, 2.45) is 0 Å². The van der Waals surface area contributed by atoms with E-state index in [1.165, 1.54) is 5.56 Å².